The van der Waals surface area contributed by atoms with Crippen molar-refractivity contribution in [3.8, 4) is 0 Å². The second-order valence-electron chi connectivity index (χ2n) is 4.21. The molecule has 0 bridgehead atoms. The number of hydrogen-bond acceptors (Lipinski definition) is 3. The lowest BCUT2D eigenvalue weighted by Gasteiger charge is -2.23. The Morgan fingerprint density at radius 2 is 2.06 bits per heavy atom. The van der Waals surface area contributed by atoms with E-state index in [9.17, 15) is 4.39 Å². The molecule has 1 N–H and O–H groups in total. The number of aryl methyl sites for hydroxylation is 1. The molecular weight excluding hydrogens is 211 g/mol. The van der Waals surface area contributed by atoms with Gasteiger partial charge in [-0.1, -0.05) is 6.07 Å². The first-order valence-corrected chi connectivity index (χ1v) is 5.46. The Morgan fingerprint density at radius 1 is 1.31 bits per heavy atom. The lowest BCUT2D eigenvalue weighted by molar-refractivity contribution is -0.163. The van der Waals surface area contributed by atoms with Crippen molar-refractivity contribution in [2.45, 2.75) is 25.2 Å². The molecule has 1 spiro atoms. The fraction of sp³-hybridized carbons (Fsp3) is 0.500. The number of aliphatic hydroxyl groups excluding tert-OH is 1. The van der Waals surface area contributed by atoms with Crippen LogP contribution in [0.3, 0.4) is 0 Å². The van der Waals surface area contributed by atoms with Crippen molar-refractivity contribution in [2.75, 3.05) is 13.2 Å². The number of fused-ring (bicyclic) bond motifs is 2. The summed E-state index contributed by atoms with van der Waals surface area (Å²) in [4.78, 5) is 0. The van der Waals surface area contributed by atoms with Crippen LogP contribution in [0.15, 0.2) is 12.1 Å². The van der Waals surface area contributed by atoms with E-state index in [1.807, 2.05) is 0 Å². The van der Waals surface area contributed by atoms with E-state index >= 15 is 0 Å². The van der Waals surface area contributed by atoms with Gasteiger partial charge < -0.3 is 14.6 Å². The van der Waals surface area contributed by atoms with E-state index in [4.69, 9.17) is 14.6 Å². The summed E-state index contributed by atoms with van der Waals surface area (Å²) in [5.41, 5.74) is 2.15. The highest BCUT2D eigenvalue weighted by Crippen LogP contribution is 2.44. The third kappa shape index (κ3) is 1.30. The first kappa shape index (κ1) is 10.2. The van der Waals surface area contributed by atoms with Crippen molar-refractivity contribution in [1.82, 2.24) is 0 Å². The number of ether oxygens (including phenoxy) is 2. The molecule has 1 fully saturated rings. The van der Waals surface area contributed by atoms with Gasteiger partial charge >= 0.3 is 0 Å². The summed E-state index contributed by atoms with van der Waals surface area (Å²) in [7, 11) is 0. The van der Waals surface area contributed by atoms with E-state index < -0.39 is 5.79 Å². The van der Waals surface area contributed by atoms with Crippen LogP contribution >= 0.6 is 0 Å². The third-order valence-electron chi connectivity index (χ3n) is 3.33. The monoisotopic (exact) mass is 224 g/mol. The van der Waals surface area contributed by atoms with E-state index in [-0.39, 0.29) is 12.4 Å². The van der Waals surface area contributed by atoms with Gasteiger partial charge in [0.15, 0.2) is 5.79 Å². The Kier molecular flexibility index (Phi) is 2.24. The Labute approximate surface area is 92.8 Å². The predicted molar refractivity (Wildman–Crippen MR) is 54.2 cm³/mol. The minimum Gasteiger partial charge on any atom is -0.392 e. The summed E-state index contributed by atoms with van der Waals surface area (Å²) in [6.07, 6.45) is 1.54. The van der Waals surface area contributed by atoms with Gasteiger partial charge in [-0.05, 0) is 18.1 Å². The largest absolute Gasteiger partial charge is 0.392 e. The molecule has 1 aliphatic heterocycles. The molecule has 3 rings (SSSR count). The molecule has 0 unspecified atom stereocenters. The summed E-state index contributed by atoms with van der Waals surface area (Å²) in [6, 6.07) is 3.16. The Hall–Kier alpha value is -0.970. The van der Waals surface area contributed by atoms with Gasteiger partial charge in [-0.15, -0.1) is 0 Å². The highest BCUT2D eigenvalue weighted by Gasteiger charge is 2.44. The molecule has 0 radical (unpaired) electrons. The molecule has 0 saturated carbocycles. The van der Waals surface area contributed by atoms with Gasteiger partial charge in [0.2, 0.25) is 0 Å². The Balaban J connectivity index is 2.09. The maximum atomic E-state index is 13.6. The molecule has 1 aromatic carbocycles. The highest BCUT2D eigenvalue weighted by atomic mass is 19.1. The van der Waals surface area contributed by atoms with Crippen LogP contribution < -0.4 is 0 Å². The van der Waals surface area contributed by atoms with Crippen molar-refractivity contribution in [3.05, 3.63) is 34.6 Å². The van der Waals surface area contributed by atoms with Gasteiger partial charge in [0.05, 0.1) is 19.8 Å². The number of benzene rings is 1. The lowest BCUT2D eigenvalue weighted by Crippen LogP contribution is -2.23. The number of aliphatic hydroxyl groups is 1. The maximum Gasteiger partial charge on any atom is 0.195 e. The lowest BCUT2D eigenvalue weighted by atomic mass is 10.0. The van der Waals surface area contributed by atoms with E-state index in [1.54, 1.807) is 6.07 Å². The first-order chi connectivity index (χ1) is 7.75. The zero-order chi connectivity index (χ0) is 11.2. The molecule has 3 nitrogen and oxygen atoms in total. The minimum absolute atomic E-state index is 0.270. The van der Waals surface area contributed by atoms with Crippen LogP contribution in [0, 0.1) is 5.82 Å². The second-order valence-corrected chi connectivity index (χ2v) is 4.21. The fourth-order valence-corrected chi connectivity index (χ4v) is 2.54. The van der Waals surface area contributed by atoms with Gasteiger partial charge in [-0.25, -0.2) is 4.39 Å². The normalized spacial score (nSPS) is 21.6. The smallest absolute Gasteiger partial charge is 0.195 e. The van der Waals surface area contributed by atoms with Gasteiger partial charge in [-0.3, -0.25) is 0 Å². The molecule has 0 amide bonds. The molecule has 86 valence electrons. The zero-order valence-electron chi connectivity index (χ0n) is 8.83. The van der Waals surface area contributed by atoms with Gasteiger partial charge in [0, 0.05) is 17.5 Å². The molecule has 4 heteroatoms. The fourth-order valence-electron chi connectivity index (χ4n) is 2.54. The summed E-state index contributed by atoms with van der Waals surface area (Å²) in [5.74, 6) is -1.11. The highest BCUT2D eigenvalue weighted by molar-refractivity contribution is 5.40. The quantitative estimate of drug-likeness (QED) is 0.785. The van der Waals surface area contributed by atoms with E-state index in [1.165, 1.54) is 6.07 Å². The molecule has 0 atom stereocenters. The van der Waals surface area contributed by atoms with Crippen LogP contribution in [0.4, 0.5) is 4.39 Å². The standard InChI is InChI=1S/C12H13FO3/c13-11-6-10-8(5-9(11)7-14)1-2-12(10)15-3-4-16-12/h5-6,14H,1-4,7H2. The van der Waals surface area contributed by atoms with E-state index in [0.717, 1.165) is 24.0 Å². The molecule has 2 aliphatic rings. The van der Waals surface area contributed by atoms with Crippen molar-refractivity contribution in [3.63, 3.8) is 0 Å². The topological polar surface area (TPSA) is 38.7 Å². The van der Waals surface area contributed by atoms with Gasteiger partial charge in [-0.2, -0.15) is 0 Å². The average molecular weight is 224 g/mol. The molecule has 1 aromatic rings. The number of hydrogen-bond donors (Lipinski definition) is 1. The van der Waals surface area contributed by atoms with Crippen molar-refractivity contribution >= 4 is 0 Å². The molecule has 1 heterocycles. The van der Waals surface area contributed by atoms with Crippen molar-refractivity contribution < 1.29 is 19.0 Å². The van der Waals surface area contributed by atoms with Crippen LogP contribution in [0.2, 0.25) is 0 Å². The molecular formula is C12H13FO3. The van der Waals surface area contributed by atoms with Crippen molar-refractivity contribution in [1.29, 1.82) is 0 Å². The van der Waals surface area contributed by atoms with Gasteiger partial charge in [0.1, 0.15) is 5.82 Å². The maximum absolute atomic E-state index is 13.6. The summed E-state index contributed by atoms with van der Waals surface area (Å²) >= 11 is 0. The van der Waals surface area contributed by atoms with Crippen LogP contribution in [-0.4, -0.2) is 18.3 Å². The predicted octanol–water partition coefficient (Wildman–Crippen LogP) is 1.46. The molecule has 16 heavy (non-hydrogen) atoms. The van der Waals surface area contributed by atoms with Gasteiger partial charge in [0.25, 0.3) is 0 Å². The Morgan fingerprint density at radius 3 is 2.75 bits per heavy atom. The van der Waals surface area contributed by atoms with Crippen LogP contribution in [0.25, 0.3) is 0 Å². The van der Waals surface area contributed by atoms with Crippen LogP contribution in [-0.2, 0) is 28.3 Å². The number of rotatable bonds is 1. The third-order valence-corrected chi connectivity index (χ3v) is 3.33. The van der Waals surface area contributed by atoms with E-state index in [2.05, 4.69) is 0 Å². The summed E-state index contributed by atoms with van der Waals surface area (Å²) in [6.45, 7) is 0.847. The molecule has 1 aliphatic carbocycles. The summed E-state index contributed by atoms with van der Waals surface area (Å²) in [5, 5.41) is 9.00. The Bertz CT molecular complexity index is 425. The SMILES string of the molecule is OCc1cc2c(cc1F)C1(CC2)OCCO1. The van der Waals surface area contributed by atoms with Crippen molar-refractivity contribution in [2.24, 2.45) is 0 Å². The summed E-state index contributed by atoms with van der Waals surface area (Å²) < 4.78 is 24.8. The molecule has 1 saturated heterocycles. The van der Waals surface area contributed by atoms with Crippen LogP contribution in [0.1, 0.15) is 23.1 Å². The van der Waals surface area contributed by atoms with Crippen LogP contribution in [0.5, 0.6) is 0 Å². The minimum atomic E-state index is -0.718. The number of halogens is 1. The average Bonchev–Trinajstić information content (AvgIpc) is 2.89. The zero-order valence-corrected chi connectivity index (χ0v) is 8.83. The second kappa shape index (κ2) is 3.52. The first-order valence-electron chi connectivity index (χ1n) is 5.46. The molecule has 0 aromatic heterocycles. The van der Waals surface area contributed by atoms with E-state index in [0.29, 0.717) is 18.8 Å².